The van der Waals surface area contributed by atoms with Gasteiger partial charge in [-0.05, 0) is 60.2 Å². The van der Waals surface area contributed by atoms with Crippen molar-refractivity contribution >= 4 is 45.2 Å². The van der Waals surface area contributed by atoms with Gasteiger partial charge in [-0.15, -0.1) is 0 Å². The van der Waals surface area contributed by atoms with Crippen molar-refractivity contribution in [2.75, 3.05) is 23.1 Å². The van der Waals surface area contributed by atoms with Gasteiger partial charge in [0.1, 0.15) is 0 Å². The van der Waals surface area contributed by atoms with Crippen LogP contribution in [0.15, 0.2) is 24.3 Å². The second-order valence-corrected chi connectivity index (χ2v) is 10.2. The lowest BCUT2D eigenvalue weighted by Crippen LogP contribution is -2.25. The summed E-state index contributed by atoms with van der Waals surface area (Å²) in [7, 11) is 3.44. The lowest BCUT2D eigenvalue weighted by Gasteiger charge is -2.22. The van der Waals surface area contributed by atoms with Crippen LogP contribution in [0, 0.1) is 0 Å². The van der Waals surface area contributed by atoms with E-state index in [1.807, 2.05) is 0 Å². The van der Waals surface area contributed by atoms with Crippen molar-refractivity contribution in [3.8, 4) is 0 Å². The maximum absolute atomic E-state index is 6.00. The van der Waals surface area contributed by atoms with Gasteiger partial charge in [-0.2, -0.15) is 0 Å². The summed E-state index contributed by atoms with van der Waals surface area (Å²) in [6, 6.07) is 0. The molecule has 0 aliphatic heterocycles. The van der Waals surface area contributed by atoms with Gasteiger partial charge in [-0.3, -0.25) is 0 Å². The number of rotatable bonds is 24. The molecule has 31 heavy (non-hydrogen) atoms. The molecule has 0 rings (SSSR count). The molecule has 184 valence electrons. The lowest BCUT2D eigenvalue weighted by molar-refractivity contribution is -0.232. The fraction of sp³-hybridized carbons (Fsp3) is 0.846. The molecule has 0 radical (unpaired) electrons. The maximum Gasteiger partial charge on any atom is 0.160 e. The van der Waals surface area contributed by atoms with Crippen molar-refractivity contribution in [3.05, 3.63) is 24.3 Å². The Kier molecular flexibility index (Phi) is 27.8. The third kappa shape index (κ3) is 23.8. The van der Waals surface area contributed by atoms with Crippen LogP contribution in [-0.2, 0) is 14.2 Å². The molecule has 3 nitrogen and oxygen atoms in total. The van der Waals surface area contributed by atoms with E-state index in [4.69, 9.17) is 14.2 Å². The van der Waals surface area contributed by atoms with Gasteiger partial charge in [-0.1, -0.05) is 108 Å². The number of unbranched alkanes of at least 4 members (excludes halogenated alkanes) is 10. The summed E-state index contributed by atoms with van der Waals surface area (Å²) in [6.07, 6.45) is 28.4. The first-order valence-electron chi connectivity index (χ1n) is 12.4. The Hall–Kier alpha value is 0.820. The van der Waals surface area contributed by atoms with Crippen LogP contribution in [0.2, 0.25) is 0 Å². The van der Waals surface area contributed by atoms with Gasteiger partial charge in [0.15, 0.2) is 12.6 Å². The zero-order valence-electron chi connectivity index (χ0n) is 20.2. The molecule has 2 unspecified atom stereocenters. The molecule has 0 N–H and O–H groups in total. The van der Waals surface area contributed by atoms with Gasteiger partial charge < -0.3 is 14.2 Å². The molecule has 0 saturated heterocycles. The van der Waals surface area contributed by atoms with Crippen LogP contribution >= 0.6 is 45.2 Å². The van der Waals surface area contributed by atoms with Crippen molar-refractivity contribution in [1.82, 2.24) is 0 Å². The topological polar surface area (TPSA) is 27.7 Å². The summed E-state index contributed by atoms with van der Waals surface area (Å²) in [6.45, 7) is 0. The predicted octanol–water partition coefficient (Wildman–Crippen LogP) is 9.17. The van der Waals surface area contributed by atoms with E-state index in [2.05, 4.69) is 69.5 Å². The highest BCUT2D eigenvalue weighted by atomic mass is 127. The van der Waals surface area contributed by atoms with E-state index in [0.717, 1.165) is 25.7 Å². The van der Waals surface area contributed by atoms with Crippen LogP contribution in [0.1, 0.15) is 103 Å². The molecule has 5 heteroatoms. The van der Waals surface area contributed by atoms with Crippen molar-refractivity contribution in [2.45, 2.75) is 115 Å². The summed E-state index contributed by atoms with van der Waals surface area (Å²) < 4.78 is 19.6. The Balaban J connectivity index is 3.77. The number of hydrogen-bond donors (Lipinski definition) is 0. The highest BCUT2D eigenvalue weighted by molar-refractivity contribution is 14.1. The first-order valence-corrected chi connectivity index (χ1v) is 15.5. The Labute approximate surface area is 220 Å². The van der Waals surface area contributed by atoms with Crippen molar-refractivity contribution < 1.29 is 14.2 Å². The first kappa shape index (κ1) is 31.8. The van der Waals surface area contributed by atoms with E-state index in [9.17, 15) is 0 Å². The van der Waals surface area contributed by atoms with Gasteiger partial charge >= 0.3 is 0 Å². The van der Waals surface area contributed by atoms with Gasteiger partial charge in [0.05, 0.1) is 0 Å². The van der Waals surface area contributed by atoms with Gasteiger partial charge in [0.25, 0.3) is 0 Å². The van der Waals surface area contributed by atoms with Gasteiger partial charge in [0, 0.05) is 27.1 Å². The minimum atomic E-state index is -0.200. The second-order valence-electron chi connectivity index (χ2n) is 8.05. The molecule has 0 aromatic carbocycles. The SMILES string of the molecule is COC(CCC=CCCCCCCCI)OC(CCC=CCCCCCCCI)OC. The number of methoxy groups -OCH3 is 2. The average molecular weight is 662 g/mol. The van der Waals surface area contributed by atoms with Gasteiger partial charge in [-0.25, -0.2) is 0 Å². The number of alkyl halides is 2. The van der Waals surface area contributed by atoms with E-state index in [-0.39, 0.29) is 12.6 Å². The minimum Gasteiger partial charge on any atom is -0.356 e. The monoisotopic (exact) mass is 662 g/mol. The summed E-state index contributed by atoms with van der Waals surface area (Å²) in [5.74, 6) is 0. The van der Waals surface area contributed by atoms with E-state index < -0.39 is 0 Å². The second kappa shape index (κ2) is 27.1. The van der Waals surface area contributed by atoms with Crippen molar-refractivity contribution in [2.24, 2.45) is 0 Å². The largest absolute Gasteiger partial charge is 0.356 e. The maximum atomic E-state index is 6.00. The molecule has 0 spiro atoms. The number of hydrogen-bond acceptors (Lipinski definition) is 3. The normalized spacial score (nSPS) is 14.1. The Morgan fingerprint density at radius 1 is 0.516 bits per heavy atom. The Morgan fingerprint density at radius 2 is 0.871 bits per heavy atom. The summed E-state index contributed by atoms with van der Waals surface area (Å²) >= 11 is 4.92. The number of ether oxygens (including phenoxy) is 3. The van der Waals surface area contributed by atoms with Crippen LogP contribution in [0.25, 0.3) is 0 Å². The Bertz CT molecular complexity index is 366. The molecule has 0 heterocycles. The van der Waals surface area contributed by atoms with E-state index >= 15 is 0 Å². The Morgan fingerprint density at radius 3 is 1.26 bits per heavy atom. The lowest BCUT2D eigenvalue weighted by atomic mass is 10.1. The van der Waals surface area contributed by atoms with Crippen LogP contribution in [0.3, 0.4) is 0 Å². The molecular formula is C26H48I2O3. The molecule has 0 amide bonds. The summed E-state index contributed by atoms with van der Waals surface area (Å²) in [5, 5.41) is 0. The highest BCUT2D eigenvalue weighted by Gasteiger charge is 2.14. The molecule has 0 aromatic heterocycles. The third-order valence-electron chi connectivity index (χ3n) is 5.31. The van der Waals surface area contributed by atoms with Crippen molar-refractivity contribution in [3.63, 3.8) is 0 Å². The molecule has 0 aromatic rings. The zero-order chi connectivity index (χ0) is 22.8. The quantitative estimate of drug-likeness (QED) is 0.0339. The summed E-state index contributed by atoms with van der Waals surface area (Å²) in [4.78, 5) is 0. The van der Waals surface area contributed by atoms with Crippen LogP contribution in [0.5, 0.6) is 0 Å². The molecule has 2 atom stereocenters. The summed E-state index contributed by atoms with van der Waals surface area (Å²) in [5.41, 5.74) is 0. The standard InChI is InChI=1S/C26H48I2O3/c1-29-25(21-17-13-9-5-3-7-11-15-19-23-27)31-26(30-2)22-18-14-10-6-4-8-12-16-20-24-28/h9-10,13-14,25-26H,3-8,11-12,15-24H2,1-2H3. The first-order chi connectivity index (χ1) is 15.3. The molecule has 0 aliphatic carbocycles. The molecule has 0 fully saturated rings. The van der Waals surface area contributed by atoms with Crippen molar-refractivity contribution in [1.29, 1.82) is 0 Å². The molecule has 0 saturated carbocycles. The molecular weight excluding hydrogens is 614 g/mol. The van der Waals surface area contributed by atoms with Gasteiger partial charge in [0.2, 0.25) is 0 Å². The number of allylic oxidation sites excluding steroid dienone is 4. The number of halogens is 2. The van der Waals surface area contributed by atoms with E-state index in [0.29, 0.717) is 0 Å². The minimum absolute atomic E-state index is 0.200. The van der Waals surface area contributed by atoms with E-state index in [1.165, 1.54) is 85.9 Å². The van der Waals surface area contributed by atoms with E-state index in [1.54, 1.807) is 14.2 Å². The molecule has 0 bridgehead atoms. The smallest absolute Gasteiger partial charge is 0.160 e. The molecule has 0 aliphatic rings. The van der Waals surface area contributed by atoms with Crippen LogP contribution in [0.4, 0.5) is 0 Å². The highest BCUT2D eigenvalue weighted by Crippen LogP contribution is 2.14. The van der Waals surface area contributed by atoms with Crippen LogP contribution < -0.4 is 0 Å². The predicted molar refractivity (Wildman–Crippen MR) is 153 cm³/mol. The fourth-order valence-corrected chi connectivity index (χ4v) is 4.44. The fourth-order valence-electron chi connectivity index (χ4n) is 3.36. The average Bonchev–Trinajstić information content (AvgIpc) is 2.79. The zero-order valence-corrected chi connectivity index (χ0v) is 24.5. The van der Waals surface area contributed by atoms with Crippen LogP contribution in [-0.4, -0.2) is 35.7 Å². The third-order valence-corrected chi connectivity index (χ3v) is 6.84.